The first-order chi connectivity index (χ1) is 12.2. The topological polar surface area (TPSA) is 71.8 Å². The van der Waals surface area contributed by atoms with Crippen LogP contribution in [0.15, 0.2) is 36.7 Å². The summed E-state index contributed by atoms with van der Waals surface area (Å²) in [5.74, 6) is 0.740. The Bertz CT molecular complexity index is 798. The molecular formula is C18H25N7. The van der Waals surface area contributed by atoms with Gasteiger partial charge in [0.15, 0.2) is 17.0 Å². The number of para-hydroxylation sites is 1. The molecule has 7 heteroatoms. The van der Waals surface area contributed by atoms with Gasteiger partial charge in [0, 0.05) is 12.6 Å². The molecule has 2 aromatic heterocycles. The fourth-order valence-electron chi connectivity index (χ4n) is 2.57. The van der Waals surface area contributed by atoms with E-state index in [0.29, 0.717) is 17.2 Å². The van der Waals surface area contributed by atoms with Gasteiger partial charge in [-0.3, -0.25) is 0 Å². The minimum absolute atomic E-state index is 0.586. The van der Waals surface area contributed by atoms with Crippen LogP contribution < -0.4 is 5.32 Å². The van der Waals surface area contributed by atoms with Gasteiger partial charge in [0.1, 0.15) is 6.33 Å². The Morgan fingerprint density at radius 3 is 2.68 bits per heavy atom. The Morgan fingerprint density at radius 1 is 1.12 bits per heavy atom. The van der Waals surface area contributed by atoms with E-state index in [2.05, 4.69) is 51.4 Å². The fourth-order valence-corrected chi connectivity index (χ4v) is 2.57. The summed E-state index contributed by atoms with van der Waals surface area (Å²) in [5.41, 5.74) is 2.35. The number of benzene rings is 1. The Kier molecular flexibility index (Phi) is 5.55. The van der Waals surface area contributed by atoms with Crippen molar-refractivity contribution in [3.05, 3.63) is 36.7 Å². The predicted molar refractivity (Wildman–Crippen MR) is 99.9 cm³/mol. The molecule has 0 aliphatic rings. The van der Waals surface area contributed by atoms with Crippen molar-refractivity contribution in [1.29, 1.82) is 0 Å². The lowest BCUT2D eigenvalue weighted by Gasteiger charge is -2.20. The van der Waals surface area contributed by atoms with Gasteiger partial charge in [0.05, 0.1) is 5.69 Å². The molecule has 0 unspecified atom stereocenters. The SMILES string of the molecule is CC(C)N(C)CCCCNc1ncnc2c1nnn2-c1ccccc1. The van der Waals surface area contributed by atoms with E-state index in [-0.39, 0.29) is 0 Å². The molecule has 25 heavy (non-hydrogen) atoms. The zero-order valence-electron chi connectivity index (χ0n) is 15.1. The first-order valence-corrected chi connectivity index (χ1v) is 8.73. The van der Waals surface area contributed by atoms with Crippen LogP contribution in [0.4, 0.5) is 5.82 Å². The predicted octanol–water partition coefficient (Wildman–Crippen LogP) is 2.74. The van der Waals surface area contributed by atoms with E-state index in [1.807, 2.05) is 30.3 Å². The van der Waals surface area contributed by atoms with Crippen molar-refractivity contribution in [2.45, 2.75) is 32.7 Å². The average Bonchev–Trinajstić information content (AvgIpc) is 3.06. The minimum atomic E-state index is 0.586. The monoisotopic (exact) mass is 339 g/mol. The van der Waals surface area contributed by atoms with Gasteiger partial charge in [-0.25, -0.2) is 9.97 Å². The molecule has 2 heterocycles. The zero-order chi connectivity index (χ0) is 17.6. The number of nitrogens with zero attached hydrogens (tertiary/aromatic N) is 6. The van der Waals surface area contributed by atoms with Gasteiger partial charge in [-0.1, -0.05) is 23.4 Å². The van der Waals surface area contributed by atoms with Gasteiger partial charge in [0.25, 0.3) is 0 Å². The van der Waals surface area contributed by atoms with E-state index in [1.165, 1.54) is 0 Å². The van der Waals surface area contributed by atoms with Crippen molar-refractivity contribution in [3.8, 4) is 5.69 Å². The Labute approximate surface area is 148 Å². The summed E-state index contributed by atoms with van der Waals surface area (Å²) in [5, 5.41) is 11.9. The third-order valence-electron chi connectivity index (χ3n) is 4.35. The number of unbranched alkanes of at least 4 members (excludes halogenated alkanes) is 1. The number of nitrogens with one attached hydrogen (secondary N) is 1. The number of aromatic nitrogens is 5. The van der Waals surface area contributed by atoms with Crippen LogP contribution >= 0.6 is 0 Å². The highest BCUT2D eigenvalue weighted by Crippen LogP contribution is 2.19. The summed E-state index contributed by atoms with van der Waals surface area (Å²) in [6.07, 6.45) is 3.78. The Hall–Kier alpha value is -2.54. The summed E-state index contributed by atoms with van der Waals surface area (Å²) >= 11 is 0. The van der Waals surface area contributed by atoms with Crippen LogP contribution in [0.3, 0.4) is 0 Å². The van der Waals surface area contributed by atoms with Crippen molar-refractivity contribution in [2.24, 2.45) is 0 Å². The first-order valence-electron chi connectivity index (χ1n) is 8.73. The molecule has 0 amide bonds. The maximum absolute atomic E-state index is 4.35. The summed E-state index contributed by atoms with van der Waals surface area (Å²) in [6, 6.07) is 10.5. The molecular weight excluding hydrogens is 314 g/mol. The van der Waals surface area contributed by atoms with Gasteiger partial charge in [-0.15, -0.1) is 5.10 Å². The molecule has 0 atom stereocenters. The number of hydrogen-bond acceptors (Lipinski definition) is 6. The molecule has 1 N–H and O–H groups in total. The largest absolute Gasteiger partial charge is 0.368 e. The van der Waals surface area contributed by atoms with Gasteiger partial charge in [0.2, 0.25) is 0 Å². The maximum atomic E-state index is 4.35. The van der Waals surface area contributed by atoms with E-state index in [4.69, 9.17) is 0 Å². The van der Waals surface area contributed by atoms with Crippen molar-refractivity contribution in [1.82, 2.24) is 29.9 Å². The average molecular weight is 339 g/mol. The van der Waals surface area contributed by atoms with E-state index in [1.54, 1.807) is 11.0 Å². The molecule has 0 radical (unpaired) electrons. The van der Waals surface area contributed by atoms with Gasteiger partial charge >= 0.3 is 0 Å². The van der Waals surface area contributed by atoms with Crippen LogP contribution in [0.5, 0.6) is 0 Å². The molecule has 0 aliphatic heterocycles. The zero-order valence-corrected chi connectivity index (χ0v) is 15.1. The van der Waals surface area contributed by atoms with Crippen LogP contribution in [0.2, 0.25) is 0 Å². The summed E-state index contributed by atoms with van der Waals surface area (Å²) < 4.78 is 1.74. The van der Waals surface area contributed by atoms with E-state index in [0.717, 1.165) is 37.4 Å². The van der Waals surface area contributed by atoms with Crippen LogP contribution in [0.25, 0.3) is 16.9 Å². The highest BCUT2D eigenvalue weighted by molar-refractivity contribution is 5.82. The number of rotatable bonds is 8. The molecule has 1 aromatic carbocycles. The standard InChI is InChI=1S/C18H25N7/c1-14(2)24(3)12-8-7-11-19-17-16-18(21-13-20-17)25(23-22-16)15-9-5-4-6-10-15/h4-6,9-10,13-14H,7-8,11-12H2,1-3H3,(H,19,20,21). The quantitative estimate of drug-likeness (QED) is 0.636. The molecule has 3 aromatic rings. The molecule has 0 saturated carbocycles. The molecule has 0 saturated heterocycles. The van der Waals surface area contributed by atoms with Crippen LogP contribution in [0, 0.1) is 0 Å². The molecule has 0 bridgehead atoms. The third-order valence-corrected chi connectivity index (χ3v) is 4.35. The normalized spacial score (nSPS) is 11.6. The second-order valence-corrected chi connectivity index (χ2v) is 6.44. The molecule has 0 spiro atoms. The van der Waals surface area contributed by atoms with Gasteiger partial charge in [-0.05, 0) is 52.4 Å². The molecule has 0 fully saturated rings. The third kappa shape index (κ3) is 4.11. The smallest absolute Gasteiger partial charge is 0.188 e. The van der Waals surface area contributed by atoms with Crippen molar-refractivity contribution < 1.29 is 0 Å². The van der Waals surface area contributed by atoms with Gasteiger partial charge in [-0.2, -0.15) is 4.68 Å². The highest BCUT2D eigenvalue weighted by atomic mass is 15.4. The van der Waals surface area contributed by atoms with E-state index in [9.17, 15) is 0 Å². The lowest BCUT2D eigenvalue weighted by Crippen LogP contribution is -2.27. The Balaban J connectivity index is 1.64. The lowest BCUT2D eigenvalue weighted by molar-refractivity contribution is 0.269. The van der Waals surface area contributed by atoms with Crippen LogP contribution in [-0.2, 0) is 0 Å². The number of anilines is 1. The van der Waals surface area contributed by atoms with Crippen LogP contribution in [-0.4, -0.2) is 56.0 Å². The molecule has 0 aliphatic carbocycles. The van der Waals surface area contributed by atoms with E-state index < -0.39 is 0 Å². The molecule has 132 valence electrons. The van der Waals surface area contributed by atoms with Crippen molar-refractivity contribution >= 4 is 17.0 Å². The second kappa shape index (κ2) is 8.02. The number of fused-ring (bicyclic) bond motifs is 1. The van der Waals surface area contributed by atoms with Crippen LogP contribution in [0.1, 0.15) is 26.7 Å². The fraction of sp³-hybridized carbons (Fsp3) is 0.444. The number of hydrogen-bond donors (Lipinski definition) is 1. The molecule has 3 rings (SSSR count). The highest BCUT2D eigenvalue weighted by Gasteiger charge is 2.12. The maximum Gasteiger partial charge on any atom is 0.188 e. The van der Waals surface area contributed by atoms with E-state index >= 15 is 0 Å². The first kappa shape index (κ1) is 17.3. The van der Waals surface area contributed by atoms with Crippen molar-refractivity contribution in [2.75, 3.05) is 25.5 Å². The van der Waals surface area contributed by atoms with Crippen molar-refractivity contribution in [3.63, 3.8) is 0 Å². The summed E-state index contributed by atoms with van der Waals surface area (Å²) in [4.78, 5) is 11.0. The Morgan fingerprint density at radius 2 is 1.92 bits per heavy atom. The second-order valence-electron chi connectivity index (χ2n) is 6.44. The lowest BCUT2D eigenvalue weighted by atomic mass is 10.2. The summed E-state index contributed by atoms with van der Waals surface area (Å²) in [7, 11) is 2.16. The minimum Gasteiger partial charge on any atom is -0.368 e. The van der Waals surface area contributed by atoms with Gasteiger partial charge < -0.3 is 10.2 Å². The summed E-state index contributed by atoms with van der Waals surface area (Å²) in [6.45, 7) is 6.39. The molecule has 7 nitrogen and oxygen atoms in total.